The highest BCUT2D eigenvalue weighted by molar-refractivity contribution is 9.10. The van der Waals surface area contributed by atoms with Gasteiger partial charge in [0.1, 0.15) is 5.39 Å². The summed E-state index contributed by atoms with van der Waals surface area (Å²) in [4.78, 5) is 19.7. The Morgan fingerprint density at radius 3 is 3.17 bits per heavy atom. The van der Waals surface area contributed by atoms with Crippen molar-refractivity contribution in [2.24, 2.45) is 0 Å². The Morgan fingerprint density at radius 2 is 2.39 bits per heavy atom. The number of nitrogens with one attached hydrogen (secondary N) is 3. The van der Waals surface area contributed by atoms with E-state index < -0.39 is 0 Å². The first kappa shape index (κ1) is 11.4. The van der Waals surface area contributed by atoms with E-state index in [0.717, 1.165) is 9.35 Å². The van der Waals surface area contributed by atoms with E-state index in [1.165, 1.54) is 6.20 Å². The lowest BCUT2D eigenvalue weighted by atomic mass is 10.4. The van der Waals surface area contributed by atoms with Crippen LogP contribution in [0.4, 0.5) is 5.95 Å². The van der Waals surface area contributed by atoms with E-state index in [-0.39, 0.29) is 5.56 Å². The lowest BCUT2D eigenvalue weighted by Gasteiger charge is -2.03. The van der Waals surface area contributed by atoms with E-state index in [4.69, 9.17) is 0 Å². The molecular formula is C10H8BrN5OS. The fraction of sp³-hybridized carbons (Fsp3) is 0.100. The largest absolute Gasteiger partial charge is 0.351 e. The normalized spacial score (nSPS) is 10.9. The maximum Gasteiger partial charge on any atom is 0.263 e. The second-order valence-corrected chi connectivity index (χ2v) is 5.45. The average Bonchev–Trinajstić information content (AvgIpc) is 2.95. The van der Waals surface area contributed by atoms with Gasteiger partial charge in [0.2, 0.25) is 5.95 Å². The van der Waals surface area contributed by atoms with Gasteiger partial charge in [-0.1, -0.05) is 0 Å². The van der Waals surface area contributed by atoms with E-state index in [1.807, 2.05) is 11.4 Å². The van der Waals surface area contributed by atoms with Crippen molar-refractivity contribution in [1.82, 2.24) is 20.2 Å². The third-order valence-electron chi connectivity index (χ3n) is 2.43. The summed E-state index contributed by atoms with van der Waals surface area (Å²) in [6.07, 6.45) is 1.46. The van der Waals surface area contributed by atoms with Crippen LogP contribution < -0.4 is 10.9 Å². The first-order valence-corrected chi connectivity index (χ1v) is 6.80. The molecule has 3 N–H and O–H groups in total. The molecule has 0 atom stereocenters. The van der Waals surface area contributed by atoms with Crippen LogP contribution in [0, 0.1) is 0 Å². The molecule has 0 spiro atoms. The van der Waals surface area contributed by atoms with Crippen molar-refractivity contribution in [2.75, 3.05) is 5.32 Å². The molecule has 0 aliphatic heterocycles. The van der Waals surface area contributed by atoms with E-state index >= 15 is 0 Å². The zero-order valence-electron chi connectivity index (χ0n) is 9.03. The van der Waals surface area contributed by atoms with Gasteiger partial charge in [0.05, 0.1) is 12.7 Å². The number of fused-ring (bicyclic) bond motifs is 1. The third kappa shape index (κ3) is 2.04. The van der Waals surface area contributed by atoms with Crippen LogP contribution in [0.25, 0.3) is 11.0 Å². The highest BCUT2D eigenvalue weighted by atomic mass is 79.9. The standard InChI is InChI=1S/C10H8BrN5OS/c11-6-1-2-18-7(6)4-12-10-14-8-5(3-13-16-8)9(17)15-10/h1-3H,4H2,(H3,12,13,14,15,16,17). The Morgan fingerprint density at radius 1 is 1.50 bits per heavy atom. The molecule has 8 heteroatoms. The molecule has 3 rings (SSSR count). The lowest BCUT2D eigenvalue weighted by molar-refractivity contribution is 1.05. The molecule has 3 aromatic rings. The topological polar surface area (TPSA) is 86.5 Å². The Balaban J connectivity index is 1.87. The van der Waals surface area contributed by atoms with Crippen LogP contribution in [0.15, 0.2) is 26.9 Å². The van der Waals surface area contributed by atoms with Crippen molar-refractivity contribution in [3.8, 4) is 0 Å². The minimum Gasteiger partial charge on any atom is -0.351 e. The quantitative estimate of drug-likeness (QED) is 0.688. The number of aromatic nitrogens is 4. The molecule has 0 saturated heterocycles. The van der Waals surface area contributed by atoms with Gasteiger partial charge in [0.25, 0.3) is 5.56 Å². The zero-order valence-corrected chi connectivity index (χ0v) is 11.4. The van der Waals surface area contributed by atoms with Crippen LogP contribution in [-0.4, -0.2) is 20.2 Å². The molecule has 18 heavy (non-hydrogen) atoms. The SMILES string of the molecule is O=c1[nH]c(NCc2sccc2Br)nc2[nH]ncc12. The van der Waals surface area contributed by atoms with Gasteiger partial charge in [0, 0.05) is 9.35 Å². The van der Waals surface area contributed by atoms with E-state index in [0.29, 0.717) is 23.5 Å². The average molecular weight is 326 g/mol. The number of H-pyrrole nitrogens is 2. The molecule has 0 aliphatic rings. The Labute approximate surface area is 114 Å². The van der Waals surface area contributed by atoms with Gasteiger partial charge >= 0.3 is 0 Å². The van der Waals surface area contributed by atoms with Crippen molar-refractivity contribution in [3.63, 3.8) is 0 Å². The van der Waals surface area contributed by atoms with Gasteiger partial charge in [-0.2, -0.15) is 10.1 Å². The summed E-state index contributed by atoms with van der Waals surface area (Å²) >= 11 is 5.08. The first-order chi connectivity index (χ1) is 8.74. The summed E-state index contributed by atoms with van der Waals surface area (Å²) in [5, 5.41) is 12.0. The van der Waals surface area contributed by atoms with Crippen molar-refractivity contribution < 1.29 is 0 Å². The highest BCUT2D eigenvalue weighted by Gasteiger charge is 2.06. The summed E-state index contributed by atoms with van der Waals surface area (Å²) in [7, 11) is 0. The van der Waals surface area contributed by atoms with Crippen molar-refractivity contribution in [1.29, 1.82) is 0 Å². The molecule has 0 bridgehead atoms. The fourth-order valence-electron chi connectivity index (χ4n) is 1.54. The van der Waals surface area contributed by atoms with Gasteiger partial charge in [-0.25, -0.2) is 0 Å². The molecule has 92 valence electrons. The maximum atomic E-state index is 11.7. The first-order valence-electron chi connectivity index (χ1n) is 5.13. The molecule has 3 aromatic heterocycles. The Kier molecular flexibility index (Phi) is 2.88. The van der Waals surface area contributed by atoms with Gasteiger partial charge < -0.3 is 5.32 Å². The number of rotatable bonds is 3. The summed E-state index contributed by atoms with van der Waals surface area (Å²) < 4.78 is 1.05. The van der Waals surface area contributed by atoms with Gasteiger partial charge in [-0.05, 0) is 27.4 Å². The Bertz CT molecular complexity index is 746. The summed E-state index contributed by atoms with van der Waals surface area (Å²) in [5.41, 5.74) is 0.271. The van der Waals surface area contributed by atoms with Crippen molar-refractivity contribution >= 4 is 44.2 Å². The molecule has 0 amide bonds. The number of thiophene rings is 1. The van der Waals surface area contributed by atoms with E-state index in [1.54, 1.807) is 11.3 Å². The lowest BCUT2D eigenvalue weighted by Crippen LogP contribution is -2.12. The predicted octanol–water partition coefficient (Wildman–Crippen LogP) is 2.08. The minimum absolute atomic E-state index is 0.207. The second-order valence-electron chi connectivity index (χ2n) is 3.59. The highest BCUT2D eigenvalue weighted by Crippen LogP contribution is 2.23. The number of halogens is 1. The molecule has 0 aromatic carbocycles. The summed E-state index contributed by atoms with van der Waals surface area (Å²) in [5.74, 6) is 0.428. The van der Waals surface area contributed by atoms with Crippen LogP contribution in [0.5, 0.6) is 0 Å². The van der Waals surface area contributed by atoms with Crippen LogP contribution in [0.3, 0.4) is 0 Å². The molecule has 0 saturated carbocycles. The molecular weight excluding hydrogens is 318 g/mol. The molecule has 0 unspecified atom stereocenters. The summed E-state index contributed by atoms with van der Waals surface area (Å²) in [6.45, 7) is 0.598. The molecule has 3 heterocycles. The molecule has 0 fully saturated rings. The maximum absolute atomic E-state index is 11.7. The van der Waals surface area contributed by atoms with Crippen LogP contribution in [0.1, 0.15) is 4.88 Å². The molecule has 6 nitrogen and oxygen atoms in total. The zero-order chi connectivity index (χ0) is 12.5. The fourth-order valence-corrected chi connectivity index (χ4v) is 2.98. The Hall–Kier alpha value is -1.67. The minimum atomic E-state index is -0.207. The predicted molar refractivity (Wildman–Crippen MR) is 73.9 cm³/mol. The van der Waals surface area contributed by atoms with Gasteiger partial charge in [-0.15, -0.1) is 11.3 Å². The third-order valence-corrected chi connectivity index (χ3v) is 4.35. The van der Waals surface area contributed by atoms with Crippen LogP contribution in [0.2, 0.25) is 0 Å². The van der Waals surface area contributed by atoms with Gasteiger partial charge in [-0.3, -0.25) is 14.9 Å². The van der Waals surface area contributed by atoms with Crippen LogP contribution >= 0.6 is 27.3 Å². The van der Waals surface area contributed by atoms with Crippen molar-refractivity contribution in [2.45, 2.75) is 6.54 Å². The molecule has 0 radical (unpaired) electrons. The molecule has 0 aliphatic carbocycles. The number of hydrogen-bond donors (Lipinski definition) is 3. The number of aromatic amines is 2. The van der Waals surface area contributed by atoms with E-state index in [9.17, 15) is 4.79 Å². The monoisotopic (exact) mass is 325 g/mol. The number of hydrogen-bond acceptors (Lipinski definition) is 5. The van der Waals surface area contributed by atoms with Crippen LogP contribution in [-0.2, 0) is 6.54 Å². The smallest absolute Gasteiger partial charge is 0.263 e. The number of nitrogens with zero attached hydrogens (tertiary/aromatic N) is 2. The van der Waals surface area contributed by atoms with Crippen molar-refractivity contribution in [3.05, 3.63) is 37.3 Å². The summed E-state index contributed by atoms with van der Waals surface area (Å²) in [6, 6.07) is 1.98. The second kappa shape index (κ2) is 4.54. The number of anilines is 1. The van der Waals surface area contributed by atoms with Gasteiger partial charge in [0.15, 0.2) is 5.65 Å². The van der Waals surface area contributed by atoms with E-state index in [2.05, 4.69) is 41.4 Å².